The van der Waals surface area contributed by atoms with E-state index in [1.807, 2.05) is 26.0 Å². The maximum Gasteiger partial charge on any atom is 0.303 e. The van der Waals surface area contributed by atoms with Gasteiger partial charge in [0, 0.05) is 36.7 Å². The summed E-state index contributed by atoms with van der Waals surface area (Å²) in [5, 5.41) is 2.93. The van der Waals surface area contributed by atoms with Crippen molar-refractivity contribution in [2.75, 3.05) is 11.1 Å². The molecule has 0 heterocycles. The van der Waals surface area contributed by atoms with Gasteiger partial charge in [-0.05, 0) is 92.2 Å². The van der Waals surface area contributed by atoms with E-state index in [4.69, 9.17) is 10.5 Å². The zero-order chi connectivity index (χ0) is 32.1. The lowest BCUT2D eigenvalue weighted by atomic mass is 9.48. The quantitative estimate of drug-likeness (QED) is 0.187. The van der Waals surface area contributed by atoms with Crippen molar-refractivity contribution in [1.29, 1.82) is 0 Å². The van der Waals surface area contributed by atoms with Gasteiger partial charge < -0.3 is 15.8 Å². The van der Waals surface area contributed by atoms with Crippen molar-refractivity contribution in [3.05, 3.63) is 47.6 Å². The molecule has 44 heavy (non-hydrogen) atoms. The van der Waals surface area contributed by atoms with Gasteiger partial charge >= 0.3 is 5.97 Å². The van der Waals surface area contributed by atoms with Crippen LogP contribution in [0.15, 0.2) is 47.6 Å². The molecule has 0 aromatic heterocycles. The lowest BCUT2D eigenvalue weighted by Crippen LogP contribution is -2.54. The van der Waals surface area contributed by atoms with Crippen LogP contribution in [0.2, 0.25) is 0 Å². The van der Waals surface area contributed by atoms with E-state index in [2.05, 4.69) is 32.7 Å². The minimum absolute atomic E-state index is 0.000173. The highest BCUT2D eigenvalue weighted by Crippen LogP contribution is 2.65. The molecule has 0 bridgehead atoms. The Balaban J connectivity index is 1.34. The molecule has 1 aromatic rings. The van der Waals surface area contributed by atoms with Crippen LogP contribution in [0.25, 0.3) is 0 Å². The molecule has 4 aliphatic rings. The highest BCUT2D eigenvalue weighted by Gasteiger charge is 2.62. The maximum atomic E-state index is 14.3. The number of carbonyl (C=O) groups is 4. The zero-order valence-corrected chi connectivity index (χ0v) is 27.3. The van der Waals surface area contributed by atoms with E-state index in [-0.39, 0.29) is 57.9 Å². The van der Waals surface area contributed by atoms with Gasteiger partial charge in [0.05, 0.1) is 17.3 Å². The second-order valence-corrected chi connectivity index (χ2v) is 14.8. The van der Waals surface area contributed by atoms with Gasteiger partial charge in [0.15, 0.2) is 5.78 Å². The number of hydrogen-bond donors (Lipinski definition) is 2. The summed E-state index contributed by atoms with van der Waals surface area (Å²) in [6, 6.07) is 7.23. The summed E-state index contributed by atoms with van der Waals surface area (Å²) in [6.07, 6.45) is 5.40. The van der Waals surface area contributed by atoms with Crippen molar-refractivity contribution >= 4 is 34.8 Å². The number of fused-ring (bicyclic) bond motifs is 4. The number of nitrogens with one attached hydrogen (secondary N) is 1. The molecule has 1 amide bonds. The van der Waals surface area contributed by atoms with Gasteiger partial charge in [0.25, 0.3) is 0 Å². The van der Waals surface area contributed by atoms with Gasteiger partial charge in [-0.15, -0.1) is 0 Å². The van der Waals surface area contributed by atoms with Crippen molar-refractivity contribution in [1.82, 2.24) is 0 Å². The van der Waals surface area contributed by atoms with Crippen LogP contribution in [0, 0.1) is 46.3 Å². The number of allylic oxidation sites excluding steroid dienone is 1. The molecular weight excluding hydrogens is 552 g/mol. The largest absolute Gasteiger partial charge is 0.458 e. The number of nitrogens with two attached hydrogens (primary N) is 1. The monoisotopic (exact) mass is 602 g/mol. The maximum absolute atomic E-state index is 14.3. The molecule has 0 aliphatic heterocycles. The van der Waals surface area contributed by atoms with Crippen molar-refractivity contribution in [3.8, 4) is 0 Å². The molecule has 1 aromatic carbocycles. The Morgan fingerprint density at radius 2 is 1.86 bits per heavy atom. The van der Waals surface area contributed by atoms with Gasteiger partial charge in [-0.25, -0.2) is 0 Å². The number of ketones is 2. The number of ether oxygens (including phenoxy) is 1. The van der Waals surface area contributed by atoms with E-state index in [1.54, 1.807) is 12.1 Å². The molecule has 2 fully saturated rings. The number of nitrogen functional groups attached to an aromatic ring is 1. The summed E-state index contributed by atoms with van der Waals surface area (Å²) in [4.78, 5) is 52.3. The summed E-state index contributed by atoms with van der Waals surface area (Å²) in [7, 11) is 0. The predicted molar refractivity (Wildman–Crippen MR) is 172 cm³/mol. The standard InChI is InChI=1S/C37H50N2O5/c1-20(22(3)35(43)39-29-11-9-8-10-28(29)38)12-13-21(2)25-14-15-26-33-32(44-24(5)40)18-27-23(4)30(41)16-17-36(27,6)34(33)31(42)19-37(25,26)7/h8-11,21-23,25-27,32H,1,12-19,38H2,2-7H3,(H,39,43)/t21-,22+,23+,25-,26+,27+,32-,36+,37-/m1/s1. The number of carbonyl (C=O) groups excluding carboxylic acids is 4. The van der Waals surface area contributed by atoms with Crippen LogP contribution in [0.1, 0.15) is 92.9 Å². The minimum Gasteiger partial charge on any atom is -0.458 e. The molecule has 7 nitrogen and oxygen atoms in total. The van der Waals surface area contributed by atoms with Gasteiger partial charge in [0.1, 0.15) is 11.9 Å². The normalized spacial score (nSPS) is 34.4. The predicted octanol–water partition coefficient (Wildman–Crippen LogP) is 7.07. The molecule has 4 aliphatic carbocycles. The molecule has 7 heteroatoms. The summed E-state index contributed by atoms with van der Waals surface area (Å²) in [5.41, 5.74) is 9.37. The Morgan fingerprint density at radius 1 is 1.16 bits per heavy atom. The summed E-state index contributed by atoms with van der Waals surface area (Å²) in [5.74, 6) is 0.271. The third kappa shape index (κ3) is 5.45. The summed E-state index contributed by atoms with van der Waals surface area (Å²) >= 11 is 0. The minimum atomic E-state index is -0.450. The molecule has 0 unspecified atom stereocenters. The second-order valence-electron chi connectivity index (χ2n) is 14.8. The van der Waals surface area contributed by atoms with Crippen molar-refractivity contribution < 1.29 is 23.9 Å². The van der Waals surface area contributed by atoms with Crippen molar-refractivity contribution in [3.63, 3.8) is 0 Å². The van der Waals surface area contributed by atoms with Gasteiger partial charge in [-0.3, -0.25) is 19.2 Å². The van der Waals surface area contributed by atoms with Gasteiger partial charge in [-0.1, -0.05) is 52.0 Å². The average molecular weight is 603 g/mol. The Kier molecular flexibility index (Phi) is 8.73. The number of anilines is 2. The van der Waals surface area contributed by atoms with Crippen LogP contribution in [0.3, 0.4) is 0 Å². The van der Waals surface area contributed by atoms with Crippen LogP contribution in [0.5, 0.6) is 0 Å². The van der Waals surface area contributed by atoms with Crippen LogP contribution in [-0.4, -0.2) is 29.5 Å². The van der Waals surface area contributed by atoms with Gasteiger partial charge in [0.2, 0.25) is 5.91 Å². The number of rotatable bonds is 8. The first kappa shape index (κ1) is 32.2. The highest BCUT2D eigenvalue weighted by molar-refractivity contribution is 6.00. The smallest absolute Gasteiger partial charge is 0.303 e. The second kappa shape index (κ2) is 11.9. The highest BCUT2D eigenvalue weighted by atomic mass is 16.5. The lowest BCUT2D eigenvalue weighted by molar-refractivity contribution is -0.150. The lowest BCUT2D eigenvalue weighted by Gasteiger charge is -2.56. The van der Waals surface area contributed by atoms with Gasteiger partial charge in [-0.2, -0.15) is 0 Å². The molecule has 2 saturated carbocycles. The Bertz CT molecular complexity index is 1410. The summed E-state index contributed by atoms with van der Waals surface area (Å²) in [6.45, 7) is 16.3. The van der Waals surface area contributed by atoms with E-state index in [1.165, 1.54) is 6.92 Å². The number of benzene rings is 1. The van der Waals surface area contributed by atoms with Crippen molar-refractivity contribution in [2.45, 2.75) is 99.0 Å². The first-order chi connectivity index (χ1) is 20.7. The van der Waals surface area contributed by atoms with E-state index in [0.717, 1.165) is 42.4 Å². The number of amides is 1. The molecule has 238 valence electrons. The first-order valence-corrected chi connectivity index (χ1v) is 16.5. The molecule has 0 spiro atoms. The van der Waals surface area contributed by atoms with E-state index in [9.17, 15) is 19.2 Å². The fourth-order valence-electron chi connectivity index (χ4n) is 9.65. The van der Waals surface area contributed by atoms with Crippen LogP contribution < -0.4 is 11.1 Å². The third-order valence-electron chi connectivity index (χ3n) is 12.2. The van der Waals surface area contributed by atoms with Crippen LogP contribution in [-0.2, 0) is 23.9 Å². The van der Waals surface area contributed by atoms with E-state index < -0.39 is 6.10 Å². The van der Waals surface area contributed by atoms with E-state index >= 15 is 0 Å². The summed E-state index contributed by atoms with van der Waals surface area (Å²) < 4.78 is 6.00. The molecule has 0 radical (unpaired) electrons. The fourth-order valence-corrected chi connectivity index (χ4v) is 9.65. The average Bonchev–Trinajstić information content (AvgIpc) is 3.31. The van der Waals surface area contributed by atoms with Crippen LogP contribution >= 0.6 is 0 Å². The zero-order valence-electron chi connectivity index (χ0n) is 27.3. The first-order valence-electron chi connectivity index (χ1n) is 16.5. The third-order valence-corrected chi connectivity index (χ3v) is 12.2. The Labute approximate surface area is 262 Å². The topological polar surface area (TPSA) is 116 Å². The number of Topliss-reactive ketones (excluding diaryl/α,β-unsaturated/α-hetero) is 2. The molecule has 5 rings (SSSR count). The molecule has 0 saturated heterocycles. The molecular formula is C37H50N2O5. The van der Waals surface area contributed by atoms with Crippen LogP contribution in [0.4, 0.5) is 11.4 Å². The number of esters is 1. The fraction of sp³-hybridized carbons (Fsp3) is 0.622. The SMILES string of the molecule is C=C(CC[C@@H](C)[C@H]1CC[C@H]2C3=C(C(=O)C[C@]12C)[C@@]1(C)CCC(=O)[C@@H](C)[C@@H]1C[C@H]3OC(C)=O)[C@H](C)C(=O)Nc1ccccc1N. The Hall–Kier alpha value is -3.22. The number of hydrogen-bond acceptors (Lipinski definition) is 6. The van der Waals surface area contributed by atoms with E-state index in [0.29, 0.717) is 48.9 Å². The molecule has 9 atom stereocenters. The Morgan fingerprint density at radius 3 is 2.55 bits per heavy atom. The van der Waals surface area contributed by atoms with Crippen molar-refractivity contribution in [2.24, 2.45) is 46.3 Å². The number of para-hydroxylation sites is 2. The molecule has 3 N–H and O–H groups in total.